The van der Waals surface area contributed by atoms with Crippen molar-refractivity contribution in [1.29, 1.82) is 0 Å². The van der Waals surface area contributed by atoms with E-state index < -0.39 is 34.5 Å². The minimum Gasteiger partial charge on any atom is -0.389 e. The predicted octanol–water partition coefficient (Wildman–Crippen LogP) is 4.32. The number of piperidine rings is 1. The van der Waals surface area contributed by atoms with Gasteiger partial charge in [-0.3, -0.25) is 4.79 Å². The molecule has 0 bridgehead atoms. The average molecular weight is 554 g/mol. The number of ether oxygens (including phenoxy) is 1. The summed E-state index contributed by atoms with van der Waals surface area (Å²) in [6.07, 6.45) is -2.80. The minimum absolute atomic E-state index is 0.0721. The first-order valence-corrected chi connectivity index (χ1v) is 13.0. The van der Waals surface area contributed by atoms with E-state index in [1.807, 2.05) is 0 Å². The number of carbonyl (C=O) groups is 1. The molecule has 38 heavy (non-hydrogen) atoms. The summed E-state index contributed by atoms with van der Waals surface area (Å²) in [5.74, 6) is -0.324. The van der Waals surface area contributed by atoms with Gasteiger partial charge in [0.25, 0.3) is 0 Å². The molecule has 6 nitrogen and oxygen atoms in total. The van der Waals surface area contributed by atoms with E-state index in [1.54, 1.807) is 0 Å². The summed E-state index contributed by atoms with van der Waals surface area (Å²) in [4.78, 5) is 12.3. The van der Waals surface area contributed by atoms with E-state index in [-0.39, 0.29) is 23.6 Å². The number of aryl methyl sites for hydroxylation is 1. The van der Waals surface area contributed by atoms with Crippen LogP contribution < -0.4 is 16.4 Å². The highest BCUT2D eigenvalue weighted by molar-refractivity contribution is 5.83. The number of benzene rings is 1. The summed E-state index contributed by atoms with van der Waals surface area (Å²) in [5.41, 5.74) is 1.44. The highest BCUT2D eigenvalue weighted by Gasteiger charge is 2.58. The molecule has 4 rings (SSSR count). The lowest BCUT2D eigenvalue weighted by molar-refractivity contribution is -0.152. The third kappa shape index (κ3) is 7.40. The molecule has 216 valence electrons. The Morgan fingerprint density at radius 2 is 1.58 bits per heavy atom. The van der Waals surface area contributed by atoms with Crippen molar-refractivity contribution in [2.24, 2.45) is 11.1 Å². The Kier molecular flexibility index (Phi) is 9.76. The van der Waals surface area contributed by atoms with Crippen LogP contribution in [0.25, 0.3) is 0 Å². The average Bonchev–Trinajstić information content (AvgIpc) is 3.10. The van der Waals surface area contributed by atoms with Crippen LogP contribution in [-0.4, -0.2) is 55.0 Å². The van der Waals surface area contributed by atoms with Gasteiger partial charge in [0.2, 0.25) is 5.91 Å². The van der Waals surface area contributed by atoms with Crippen LogP contribution in [0.1, 0.15) is 68.1 Å². The topological polar surface area (TPSA) is 96.6 Å². The van der Waals surface area contributed by atoms with Crippen molar-refractivity contribution >= 4 is 5.91 Å². The first kappa shape index (κ1) is 30.6. The molecule has 5 N–H and O–H groups in total. The molecule has 12 heteroatoms. The Labute approximate surface area is 218 Å². The molecule has 3 unspecified atom stereocenters. The summed E-state index contributed by atoms with van der Waals surface area (Å²) in [6.45, 7) is 4.35. The molecule has 3 atom stereocenters. The molecular weight excluding hydrogens is 516 g/mol. The first-order valence-electron chi connectivity index (χ1n) is 13.0. The lowest BCUT2D eigenvalue weighted by Crippen LogP contribution is -2.59. The molecule has 2 heterocycles. The lowest BCUT2D eigenvalue weighted by atomic mass is 9.65. The monoisotopic (exact) mass is 553 g/mol. The third-order valence-corrected chi connectivity index (χ3v) is 7.96. The third-order valence-electron chi connectivity index (χ3n) is 7.96. The smallest absolute Gasteiger partial charge is 0.389 e. The van der Waals surface area contributed by atoms with Gasteiger partial charge >= 0.3 is 12.4 Å². The van der Waals surface area contributed by atoms with Crippen LogP contribution in [0.2, 0.25) is 0 Å². The number of rotatable bonds is 4. The van der Waals surface area contributed by atoms with E-state index in [0.717, 1.165) is 52.0 Å². The zero-order valence-corrected chi connectivity index (χ0v) is 21.5. The van der Waals surface area contributed by atoms with Crippen LogP contribution >= 0.6 is 0 Å². The van der Waals surface area contributed by atoms with Gasteiger partial charge < -0.3 is 26.2 Å². The van der Waals surface area contributed by atoms with E-state index in [4.69, 9.17) is 10.5 Å². The Morgan fingerprint density at radius 1 is 0.974 bits per heavy atom. The Hall–Kier alpha value is -1.89. The summed E-state index contributed by atoms with van der Waals surface area (Å²) in [6, 6.07) is 2.18. The quantitative estimate of drug-likeness (QED) is 0.417. The highest BCUT2D eigenvalue weighted by atomic mass is 19.4. The second kappa shape index (κ2) is 12.1. The lowest BCUT2D eigenvalue weighted by Gasteiger charge is -2.45. The molecular formula is C26H37F6N3O3. The minimum atomic E-state index is -4.76. The number of nitrogens with two attached hydrogens (primary N) is 1. The maximum absolute atomic E-state index is 12.3. The molecule has 0 aromatic heterocycles. The zero-order valence-electron chi connectivity index (χ0n) is 21.5. The number of amides is 1. The summed E-state index contributed by atoms with van der Waals surface area (Å²) < 4.78 is 78.5. The summed E-state index contributed by atoms with van der Waals surface area (Å²) in [5, 5.41) is 18.1. The predicted molar refractivity (Wildman–Crippen MR) is 129 cm³/mol. The molecule has 1 aromatic carbocycles. The number of carbonyl (C=O) groups excluding carboxylic acids is 1. The maximum atomic E-state index is 12.3. The molecule has 0 spiro atoms. The van der Waals surface area contributed by atoms with Gasteiger partial charge in [0.15, 0.2) is 0 Å². The first-order chi connectivity index (χ1) is 17.7. The molecule has 3 aliphatic rings. The van der Waals surface area contributed by atoms with E-state index in [2.05, 4.69) is 10.6 Å². The molecule has 2 aliphatic heterocycles. The molecule has 1 amide bonds. The number of nitrogens with one attached hydrogen (secondary N) is 2. The number of primary amides is 1. The largest absolute Gasteiger partial charge is 0.416 e. The van der Waals surface area contributed by atoms with E-state index in [1.165, 1.54) is 6.92 Å². The zero-order chi connectivity index (χ0) is 28.2. The van der Waals surface area contributed by atoms with Gasteiger partial charge in [-0.25, -0.2) is 0 Å². The summed E-state index contributed by atoms with van der Waals surface area (Å²) >= 11 is 0. The number of halogens is 6. The fourth-order valence-corrected chi connectivity index (χ4v) is 5.90. The number of alkyl halides is 6. The number of hydrogen-bond acceptors (Lipinski definition) is 5. The molecule has 2 saturated heterocycles. The van der Waals surface area contributed by atoms with Crippen molar-refractivity contribution in [3.05, 3.63) is 34.9 Å². The highest BCUT2D eigenvalue weighted by Crippen LogP contribution is 2.50. The Bertz CT molecular complexity index is 909. The van der Waals surface area contributed by atoms with Crippen LogP contribution in [0.4, 0.5) is 26.3 Å². The molecule has 0 radical (unpaired) electrons. The van der Waals surface area contributed by atoms with Crippen LogP contribution in [0, 0.1) is 12.3 Å². The normalized spacial score (nSPS) is 28.2. The SMILES string of the molecule is Cc1cc(C(F)(F)F)cc(C(F)(F)F)c1.NC(=O)C1(C2(O)CCNCC2)CCC(NC2CCCOCC2)C1. The van der Waals surface area contributed by atoms with Crippen molar-refractivity contribution < 1.29 is 41.0 Å². The van der Waals surface area contributed by atoms with E-state index in [0.29, 0.717) is 43.9 Å². The van der Waals surface area contributed by atoms with Crippen molar-refractivity contribution in [3.8, 4) is 0 Å². The van der Waals surface area contributed by atoms with Crippen molar-refractivity contribution in [1.82, 2.24) is 10.6 Å². The maximum Gasteiger partial charge on any atom is 0.416 e. The van der Waals surface area contributed by atoms with Crippen LogP contribution in [0.3, 0.4) is 0 Å². The van der Waals surface area contributed by atoms with Gasteiger partial charge in [-0.1, -0.05) is 0 Å². The van der Waals surface area contributed by atoms with Gasteiger partial charge in [-0.15, -0.1) is 0 Å². The summed E-state index contributed by atoms with van der Waals surface area (Å²) in [7, 11) is 0. The molecule has 1 aliphatic carbocycles. The van der Waals surface area contributed by atoms with Crippen LogP contribution in [0.15, 0.2) is 18.2 Å². The van der Waals surface area contributed by atoms with Gasteiger partial charge in [0, 0.05) is 25.3 Å². The van der Waals surface area contributed by atoms with Crippen LogP contribution in [-0.2, 0) is 21.9 Å². The second-order valence-corrected chi connectivity index (χ2v) is 10.7. The van der Waals surface area contributed by atoms with Crippen molar-refractivity contribution in [2.45, 2.75) is 88.3 Å². The second-order valence-electron chi connectivity index (χ2n) is 10.7. The van der Waals surface area contributed by atoms with Gasteiger partial charge in [0.05, 0.1) is 22.1 Å². The van der Waals surface area contributed by atoms with Crippen molar-refractivity contribution in [3.63, 3.8) is 0 Å². The number of aliphatic hydroxyl groups is 1. The van der Waals surface area contributed by atoms with Gasteiger partial charge in [-0.05, 0) is 95.1 Å². The fourth-order valence-electron chi connectivity index (χ4n) is 5.90. The molecule has 1 aromatic rings. The van der Waals surface area contributed by atoms with E-state index in [9.17, 15) is 36.2 Å². The van der Waals surface area contributed by atoms with Crippen LogP contribution in [0.5, 0.6) is 0 Å². The van der Waals surface area contributed by atoms with Gasteiger partial charge in [-0.2, -0.15) is 26.3 Å². The Morgan fingerprint density at radius 3 is 2.13 bits per heavy atom. The van der Waals surface area contributed by atoms with E-state index >= 15 is 0 Å². The van der Waals surface area contributed by atoms with Gasteiger partial charge in [0.1, 0.15) is 0 Å². The van der Waals surface area contributed by atoms with Crippen molar-refractivity contribution in [2.75, 3.05) is 26.3 Å². The number of hydrogen-bond donors (Lipinski definition) is 4. The standard InChI is InChI=1S/C17H31N3O3.C9H6F6/c18-15(21)16(17(22)6-8-19-9-7-17)5-3-14(12-16)20-13-2-1-10-23-11-4-13;1-5-2-6(8(10,11)12)4-7(3-5)9(13,14)15/h13-14,19-20,22H,1-12H2,(H2,18,21);2-4H,1H3. The molecule has 3 fully saturated rings. The Balaban J connectivity index is 0.000000232. The molecule has 1 saturated carbocycles. The fraction of sp³-hybridized carbons (Fsp3) is 0.731.